The number of hydrogen-bond acceptors (Lipinski definition) is 2. The lowest BCUT2D eigenvalue weighted by molar-refractivity contribution is 0.246. The van der Waals surface area contributed by atoms with Gasteiger partial charge in [-0.2, -0.15) is 0 Å². The molecular weight excluding hydrogens is 274 g/mol. The molecule has 0 atom stereocenters. The number of amides is 2. The summed E-state index contributed by atoms with van der Waals surface area (Å²) < 4.78 is 0. The van der Waals surface area contributed by atoms with Gasteiger partial charge in [-0.05, 0) is 48.9 Å². The number of rotatable bonds is 8. The SMILES string of the molecule is CCCNC(=O)N(CCC)c1cc(CCN)ccc1C(C)C. The van der Waals surface area contributed by atoms with E-state index in [-0.39, 0.29) is 6.03 Å². The van der Waals surface area contributed by atoms with Gasteiger partial charge in [-0.15, -0.1) is 0 Å². The monoisotopic (exact) mass is 305 g/mol. The van der Waals surface area contributed by atoms with Crippen LogP contribution in [-0.4, -0.2) is 25.7 Å². The van der Waals surface area contributed by atoms with E-state index in [1.807, 2.05) is 4.90 Å². The quantitative estimate of drug-likeness (QED) is 0.770. The van der Waals surface area contributed by atoms with Crippen LogP contribution in [0, 0.1) is 0 Å². The van der Waals surface area contributed by atoms with Crippen molar-refractivity contribution in [2.45, 2.75) is 52.9 Å². The van der Waals surface area contributed by atoms with Crippen LogP contribution in [-0.2, 0) is 6.42 Å². The molecule has 1 aromatic rings. The maximum Gasteiger partial charge on any atom is 0.321 e. The second-order valence-corrected chi connectivity index (χ2v) is 5.97. The summed E-state index contributed by atoms with van der Waals surface area (Å²) in [4.78, 5) is 14.4. The summed E-state index contributed by atoms with van der Waals surface area (Å²) in [5.74, 6) is 0.375. The lowest BCUT2D eigenvalue weighted by Gasteiger charge is -2.27. The van der Waals surface area contributed by atoms with Gasteiger partial charge >= 0.3 is 6.03 Å². The molecule has 1 aromatic carbocycles. The summed E-state index contributed by atoms with van der Waals surface area (Å²) in [6.45, 7) is 10.5. The molecule has 0 unspecified atom stereocenters. The number of nitrogens with two attached hydrogens (primary N) is 1. The van der Waals surface area contributed by atoms with E-state index in [4.69, 9.17) is 5.73 Å². The third kappa shape index (κ3) is 5.02. The van der Waals surface area contributed by atoms with E-state index >= 15 is 0 Å². The molecule has 4 nitrogen and oxygen atoms in total. The number of carbonyl (C=O) groups is 1. The lowest BCUT2D eigenvalue weighted by atomic mass is 9.97. The molecule has 0 saturated carbocycles. The summed E-state index contributed by atoms with van der Waals surface area (Å²) in [5.41, 5.74) is 9.10. The van der Waals surface area contributed by atoms with Crippen LogP contribution in [0.3, 0.4) is 0 Å². The Labute approximate surface area is 135 Å². The van der Waals surface area contributed by atoms with Crippen molar-refractivity contribution in [3.63, 3.8) is 0 Å². The van der Waals surface area contributed by atoms with Crippen molar-refractivity contribution in [2.75, 3.05) is 24.5 Å². The molecular formula is C18H31N3O. The molecule has 0 heterocycles. The Bertz CT molecular complexity index is 471. The number of nitrogens with zero attached hydrogens (tertiary/aromatic N) is 1. The molecule has 0 fully saturated rings. The van der Waals surface area contributed by atoms with Crippen molar-refractivity contribution in [3.05, 3.63) is 29.3 Å². The largest absolute Gasteiger partial charge is 0.338 e. The van der Waals surface area contributed by atoms with Gasteiger partial charge in [0.2, 0.25) is 0 Å². The third-order valence-electron chi connectivity index (χ3n) is 3.66. The molecule has 4 heteroatoms. The molecule has 0 aliphatic carbocycles. The van der Waals surface area contributed by atoms with Crippen molar-refractivity contribution in [3.8, 4) is 0 Å². The average molecular weight is 305 g/mol. The van der Waals surface area contributed by atoms with Crippen molar-refractivity contribution >= 4 is 11.7 Å². The molecule has 0 aromatic heterocycles. The van der Waals surface area contributed by atoms with E-state index in [0.717, 1.165) is 31.5 Å². The fourth-order valence-corrected chi connectivity index (χ4v) is 2.52. The first kappa shape index (κ1) is 18.5. The maximum atomic E-state index is 12.5. The molecule has 22 heavy (non-hydrogen) atoms. The van der Waals surface area contributed by atoms with Crippen LogP contribution < -0.4 is 16.0 Å². The van der Waals surface area contributed by atoms with Gasteiger partial charge in [0.25, 0.3) is 0 Å². The van der Waals surface area contributed by atoms with Crippen molar-refractivity contribution in [1.29, 1.82) is 0 Å². The third-order valence-corrected chi connectivity index (χ3v) is 3.66. The number of carbonyl (C=O) groups excluding carboxylic acids is 1. The minimum atomic E-state index is -0.00417. The molecule has 3 N–H and O–H groups in total. The zero-order valence-electron chi connectivity index (χ0n) is 14.5. The van der Waals surface area contributed by atoms with Gasteiger partial charge in [0.05, 0.1) is 0 Å². The highest BCUT2D eigenvalue weighted by Crippen LogP contribution is 2.29. The highest BCUT2D eigenvalue weighted by atomic mass is 16.2. The van der Waals surface area contributed by atoms with Crippen LogP contribution in [0.4, 0.5) is 10.5 Å². The van der Waals surface area contributed by atoms with Gasteiger partial charge in [0, 0.05) is 18.8 Å². The van der Waals surface area contributed by atoms with Gasteiger partial charge in [-0.25, -0.2) is 4.79 Å². The Kier molecular flexibility index (Phi) is 7.96. The van der Waals surface area contributed by atoms with Crippen molar-refractivity contribution in [1.82, 2.24) is 5.32 Å². The first-order valence-electron chi connectivity index (χ1n) is 8.43. The van der Waals surface area contributed by atoms with Crippen LogP contribution >= 0.6 is 0 Å². The van der Waals surface area contributed by atoms with E-state index < -0.39 is 0 Å². The maximum absolute atomic E-state index is 12.5. The zero-order chi connectivity index (χ0) is 16.5. The summed E-state index contributed by atoms with van der Waals surface area (Å²) >= 11 is 0. The molecule has 0 aliphatic heterocycles. The van der Waals surface area contributed by atoms with Gasteiger partial charge < -0.3 is 11.1 Å². The number of anilines is 1. The van der Waals surface area contributed by atoms with Crippen LogP contribution in [0.15, 0.2) is 18.2 Å². The predicted octanol–water partition coefficient (Wildman–Crippen LogP) is 3.65. The summed E-state index contributed by atoms with van der Waals surface area (Å²) in [6, 6.07) is 6.39. The van der Waals surface area contributed by atoms with Crippen LogP contribution in [0.2, 0.25) is 0 Å². The van der Waals surface area contributed by atoms with Gasteiger partial charge in [0.1, 0.15) is 0 Å². The van der Waals surface area contributed by atoms with E-state index in [2.05, 4.69) is 51.2 Å². The Morgan fingerprint density at radius 1 is 1.27 bits per heavy atom. The Balaban J connectivity index is 3.18. The fourth-order valence-electron chi connectivity index (χ4n) is 2.52. The molecule has 0 aliphatic rings. The molecule has 0 radical (unpaired) electrons. The first-order valence-corrected chi connectivity index (χ1v) is 8.43. The predicted molar refractivity (Wildman–Crippen MR) is 94.6 cm³/mol. The highest BCUT2D eigenvalue weighted by Gasteiger charge is 2.19. The molecule has 0 spiro atoms. The summed E-state index contributed by atoms with van der Waals surface area (Å²) in [7, 11) is 0. The van der Waals surface area contributed by atoms with E-state index in [1.54, 1.807) is 0 Å². The topological polar surface area (TPSA) is 58.4 Å². The van der Waals surface area contributed by atoms with Crippen LogP contribution in [0.1, 0.15) is 57.6 Å². The van der Waals surface area contributed by atoms with Crippen LogP contribution in [0.5, 0.6) is 0 Å². The smallest absolute Gasteiger partial charge is 0.321 e. The Morgan fingerprint density at radius 2 is 2.00 bits per heavy atom. The normalized spacial score (nSPS) is 10.8. The number of nitrogens with one attached hydrogen (secondary N) is 1. The van der Waals surface area contributed by atoms with E-state index in [9.17, 15) is 4.79 Å². The van der Waals surface area contributed by atoms with E-state index in [1.165, 1.54) is 11.1 Å². The number of urea groups is 1. The molecule has 0 bridgehead atoms. The number of hydrogen-bond donors (Lipinski definition) is 2. The average Bonchev–Trinajstić information content (AvgIpc) is 2.50. The Hall–Kier alpha value is -1.55. The molecule has 0 saturated heterocycles. The van der Waals surface area contributed by atoms with Gasteiger partial charge in [-0.3, -0.25) is 4.90 Å². The van der Waals surface area contributed by atoms with Gasteiger partial charge in [-0.1, -0.05) is 39.8 Å². The second kappa shape index (κ2) is 9.46. The first-order chi connectivity index (χ1) is 10.5. The highest BCUT2D eigenvalue weighted by molar-refractivity contribution is 5.93. The molecule has 2 amide bonds. The minimum absolute atomic E-state index is 0.00417. The van der Waals surface area contributed by atoms with Crippen molar-refractivity contribution < 1.29 is 4.79 Å². The fraction of sp³-hybridized carbons (Fsp3) is 0.611. The Morgan fingerprint density at radius 3 is 2.55 bits per heavy atom. The number of benzene rings is 1. The molecule has 124 valence electrons. The van der Waals surface area contributed by atoms with E-state index in [0.29, 0.717) is 19.0 Å². The molecule has 1 rings (SSSR count). The lowest BCUT2D eigenvalue weighted by Crippen LogP contribution is -2.41. The van der Waals surface area contributed by atoms with Crippen molar-refractivity contribution in [2.24, 2.45) is 5.73 Å². The van der Waals surface area contributed by atoms with Crippen LogP contribution in [0.25, 0.3) is 0 Å². The summed E-state index contributed by atoms with van der Waals surface area (Å²) in [5, 5.41) is 3.00. The standard InChI is InChI=1S/C18H31N3O/c1-5-11-20-18(22)21(12-6-2)17-13-15(9-10-19)7-8-16(17)14(3)4/h7-8,13-14H,5-6,9-12,19H2,1-4H3,(H,20,22). The van der Waals surface area contributed by atoms with Gasteiger partial charge in [0.15, 0.2) is 0 Å². The minimum Gasteiger partial charge on any atom is -0.338 e. The summed E-state index contributed by atoms with van der Waals surface area (Å²) in [6.07, 6.45) is 2.70. The second-order valence-electron chi connectivity index (χ2n) is 5.97. The zero-order valence-corrected chi connectivity index (χ0v) is 14.5.